The summed E-state index contributed by atoms with van der Waals surface area (Å²) >= 11 is 0.956. The van der Waals surface area contributed by atoms with Crippen molar-refractivity contribution >= 4 is 39.9 Å². The zero-order valence-electron chi connectivity index (χ0n) is 15.3. The maximum absolute atomic E-state index is 12.8. The van der Waals surface area contributed by atoms with Crippen molar-refractivity contribution in [1.82, 2.24) is 9.47 Å². The normalized spacial score (nSPS) is 15.6. The molecule has 1 aliphatic heterocycles. The molecule has 2 heterocycles. The second kappa shape index (κ2) is 7.37. The van der Waals surface area contributed by atoms with Gasteiger partial charge in [-0.3, -0.25) is 14.5 Å². The quantitative estimate of drug-likeness (QED) is 0.608. The number of rotatable bonds is 4. The van der Waals surface area contributed by atoms with Gasteiger partial charge < -0.3 is 4.57 Å². The van der Waals surface area contributed by atoms with E-state index in [9.17, 15) is 9.59 Å². The van der Waals surface area contributed by atoms with Crippen molar-refractivity contribution in [2.45, 2.75) is 20.0 Å². The number of para-hydroxylation sites is 1. The van der Waals surface area contributed by atoms with E-state index in [1.54, 1.807) is 6.08 Å². The summed E-state index contributed by atoms with van der Waals surface area (Å²) in [5.74, 6) is -0.284. The molecule has 5 nitrogen and oxygen atoms in total. The van der Waals surface area contributed by atoms with Crippen molar-refractivity contribution < 1.29 is 9.59 Å². The summed E-state index contributed by atoms with van der Waals surface area (Å²) in [6.45, 7) is 2.47. The van der Waals surface area contributed by atoms with Gasteiger partial charge in [-0.1, -0.05) is 48.0 Å². The van der Waals surface area contributed by atoms with E-state index in [0.717, 1.165) is 39.4 Å². The van der Waals surface area contributed by atoms with Crippen molar-refractivity contribution in [3.05, 3.63) is 76.3 Å². The molecule has 0 saturated carbocycles. The Kier molecular flexibility index (Phi) is 4.76. The first-order valence-corrected chi connectivity index (χ1v) is 9.64. The SMILES string of the molecule is Cc1cccc(CN2C(=O)S/C(=C\c3cn(CC#N)c4ccccc34)C2=O)c1. The fourth-order valence-electron chi connectivity index (χ4n) is 3.37. The Bertz CT molecular complexity index is 1170. The molecule has 1 saturated heterocycles. The first-order valence-electron chi connectivity index (χ1n) is 8.82. The third-order valence-electron chi connectivity index (χ3n) is 4.64. The molecule has 138 valence electrons. The third kappa shape index (κ3) is 3.32. The van der Waals surface area contributed by atoms with Gasteiger partial charge in [-0.05, 0) is 36.4 Å². The number of thioether (sulfide) groups is 1. The highest BCUT2D eigenvalue weighted by molar-refractivity contribution is 8.18. The van der Waals surface area contributed by atoms with Gasteiger partial charge in [0.05, 0.1) is 17.5 Å². The molecule has 0 bridgehead atoms. The maximum atomic E-state index is 12.8. The first kappa shape index (κ1) is 18.1. The number of hydrogen-bond acceptors (Lipinski definition) is 4. The van der Waals surface area contributed by atoms with Gasteiger partial charge in [-0.15, -0.1) is 0 Å². The number of carbonyl (C=O) groups is 2. The van der Waals surface area contributed by atoms with Crippen LogP contribution in [0.25, 0.3) is 17.0 Å². The molecule has 1 aliphatic rings. The lowest BCUT2D eigenvalue weighted by molar-refractivity contribution is -0.123. The molecule has 0 unspecified atom stereocenters. The van der Waals surface area contributed by atoms with Crippen LogP contribution in [0, 0.1) is 18.3 Å². The van der Waals surface area contributed by atoms with Crippen molar-refractivity contribution in [1.29, 1.82) is 5.26 Å². The summed E-state index contributed by atoms with van der Waals surface area (Å²) < 4.78 is 1.85. The maximum Gasteiger partial charge on any atom is 0.293 e. The van der Waals surface area contributed by atoms with Crippen LogP contribution in [0.3, 0.4) is 0 Å². The van der Waals surface area contributed by atoms with Gasteiger partial charge in [-0.25, -0.2) is 0 Å². The number of aryl methyl sites for hydroxylation is 1. The minimum atomic E-state index is -0.284. The number of benzene rings is 2. The molecular formula is C22H17N3O2S. The van der Waals surface area contributed by atoms with E-state index in [0.29, 0.717) is 4.91 Å². The van der Waals surface area contributed by atoms with Crippen LogP contribution >= 0.6 is 11.8 Å². The smallest absolute Gasteiger partial charge is 0.293 e. The van der Waals surface area contributed by atoms with Gasteiger partial charge >= 0.3 is 0 Å². The molecule has 0 radical (unpaired) electrons. The monoisotopic (exact) mass is 387 g/mol. The lowest BCUT2D eigenvalue weighted by Crippen LogP contribution is -2.27. The lowest BCUT2D eigenvalue weighted by atomic mass is 10.1. The average molecular weight is 387 g/mol. The molecule has 0 N–H and O–H groups in total. The van der Waals surface area contributed by atoms with E-state index >= 15 is 0 Å². The van der Waals surface area contributed by atoms with E-state index < -0.39 is 0 Å². The topological polar surface area (TPSA) is 66.1 Å². The number of nitriles is 1. The van der Waals surface area contributed by atoms with Crippen LogP contribution in [0.5, 0.6) is 0 Å². The number of amides is 2. The second-order valence-corrected chi connectivity index (χ2v) is 7.64. The van der Waals surface area contributed by atoms with Crippen LogP contribution in [-0.4, -0.2) is 20.6 Å². The molecule has 1 fully saturated rings. The number of nitrogens with zero attached hydrogens (tertiary/aromatic N) is 3. The molecule has 0 atom stereocenters. The Balaban J connectivity index is 1.66. The fourth-order valence-corrected chi connectivity index (χ4v) is 4.20. The van der Waals surface area contributed by atoms with Crippen molar-refractivity contribution in [2.24, 2.45) is 0 Å². The molecule has 0 aliphatic carbocycles. The minimum Gasteiger partial charge on any atom is -0.333 e. The third-order valence-corrected chi connectivity index (χ3v) is 5.55. The van der Waals surface area contributed by atoms with E-state index in [-0.39, 0.29) is 24.2 Å². The number of fused-ring (bicyclic) bond motifs is 1. The van der Waals surface area contributed by atoms with Crippen molar-refractivity contribution in [3.8, 4) is 6.07 Å². The number of aromatic nitrogens is 1. The highest BCUT2D eigenvalue weighted by Crippen LogP contribution is 2.35. The molecule has 4 rings (SSSR count). The predicted octanol–water partition coefficient (Wildman–Crippen LogP) is 4.71. The number of hydrogen-bond donors (Lipinski definition) is 0. The van der Waals surface area contributed by atoms with Gasteiger partial charge in [0.1, 0.15) is 6.54 Å². The molecule has 3 aromatic rings. The van der Waals surface area contributed by atoms with Gasteiger partial charge in [0.25, 0.3) is 11.1 Å². The molecular weight excluding hydrogens is 370 g/mol. The van der Waals surface area contributed by atoms with Crippen LogP contribution in [0.15, 0.2) is 59.6 Å². The molecule has 6 heteroatoms. The van der Waals surface area contributed by atoms with E-state index in [1.165, 1.54) is 4.90 Å². The van der Waals surface area contributed by atoms with Crippen LogP contribution < -0.4 is 0 Å². The molecule has 2 amide bonds. The zero-order valence-corrected chi connectivity index (χ0v) is 16.1. The van der Waals surface area contributed by atoms with Gasteiger partial charge in [0, 0.05) is 22.7 Å². The van der Waals surface area contributed by atoms with Crippen LogP contribution in [0.2, 0.25) is 0 Å². The Hall–Kier alpha value is -3.30. The van der Waals surface area contributed by atoms with E-state index in [2.05, 4.69) is 6.07 Å². The van der Waals surface area contributed by atoms with Crippen LogP contribution in [0.1, 0.15) is 16.7 Å². The van der Waals surface area contributed by atoms with Crippen LogP contribution in [-0.2, 0) is 17.9 Å². The van der Waals surface area contributed by atoms with E-state index in [4.69, 9.17) is 5.26 Å². The molecule has 28 heavy (non-hydrogen) atoms. The largest absolute Gasteiger partial charge is 0.333 e. The Labute approximate surface area is 166 Å². The molecule has 0 spiro atoms. The molecule has 1 aromatic heterocycles. The van der Waals surface area contributed by atoms with Crippen molar-refractivity contribution in [3.63, 3.8) is 0 Å². The van der Waals surface area contributed by atoms with Crippen LogP contribution in [0.4, 0.5) is 4.79 Å². The Morgan fingerprint density at radius 1 is 1.14 bits per heavy atom. The summed E-state index contributed by atoms with van der Waals surface area (Å²) in [6, 6.07) is 17.7. The van der Waals surface area contributed by atoms with Gasteiger partial charge in [0.2, 0.25) is 0 Å². The van der Waals surface area contributed by atoms with E-state index in [1.807, 2.05) is 66.2 Å². The fraction of sp³-hybridized carbons (Fsp3) is 0.136. The molecule has 2 aromatic carbocycles. The summed E-state index contributed by atoms with van der Waals surface area (Å²) in [7, 11) is 0. The number of imide groups is 1. The standard InChI is InChI=1S/C22H17N3O2S/c1-15-5-4-6-16(11-15)13-25-21(26)20(28-22(25)27)12-17-14-24(10-9-23)19-8-3-2-7-18(17)19/h2-8,11-12,14H,10,13H2,1H3/b20-12-. The van der Waals surface area contributed by atoms with Crippen molar-refractivity contribution in [2.75, 3.05) is 0 Å². The van der Waals surface area contributed by atoms with Gasteiger partial charge in [-0.2, -0.15) is 5.26 Å². The zero-order chi connectivity index (χ0) is 19.7. The average Bonchev–Trinajstić information content (AvgIpc) is 3.15. The number of carbonyl (C=O) groups excluding carboxylic acids is 2. The summed E-state index contributed by atoms with van der Waals surface area (Å²) in [5, 5.41) is 9.73. The minimum absolute atomic E-state index is 0.225. The Morgan fingerprint density at radius 2 is 1.96 bits per heavy atom. The predicted molar refractivity (Wildman–Crippen MR) is 110 cm³/mol. The first-order chi connectivity index (χ1) is 13.6. The second-order valence-electron chi connectivity index (χ2n) is 6.64. The summed E-state index contributed by atoms with van der Waals surface area (Å²) in [4.78, 5) is 26.9. The highest BCUT2D eigenvalue weighted by atomic mass is 32.2. The lowest BCUT2D eigenvalue weighted by Gasteiger charge is -2.12. The van der Waals surface area contributed by atoms with Gasteiger partial charge in [0.15, 0.2) is 0 Å². The summed E-state index contributed by atoms with van der Waals surface area (Å²) in [6.07, 6.45) is 3.60. The Morgan fingerprint density at radius 3 is 2.75 bits per heavy atom. The highest BCUT2D eigenvalue weighted by Gasteiger charge is 2.35. The summed E-state index contributed by atoms with van der Waals surface area (Å²) in [5.41, 5.74) is 3.76.